The van der Waals surface area contributed by atoms with E-state index in [9.17, 15) is 22.4 Å². The number of rotatable bonds is 2. The lowest BCUT2D eigenvalue weighted by Crippen LogP contribution is -2.05. The van der Waals surface area contributed by atoms with E-state index in [1.54, 1.807) is 0 Å². The molecule has 0 saturated carbocycles. The number of benzene rings is 2. The third-order valence-electron chi connectivity index (χ3n) is 3.06. The van der Waals surface area contributed by atoms with Crippen LogP contribution >= 0.6 is 0 Å². The van der Waals surface area contributed by atoms with Crippen LogP contribution in [0.4, 0.5) is 17.6 Å². The average Bonchev–Trinajstić information content (AvgIpc) is 2.38. The maximum Gasteiger partial charge on any atom is 0.416 e. The molecule has 2 rings (SSSR count). The summed E-state index contributed by atoms with van der Waals surface area (Å²) in [5, 5.41) is 8.87. The molecule has 0 aliphatic heterocycles. The molecule has 2 nitrogen and oxygen atoms in total. The molecule has 1 N–H and O–H groups in total. The number of hydrogen-bond acceptors (Lipinski definition) is 1. The fourth-order valence-corrected chi connectivity index (χ4v) is 2.02. The first kappa shape index (κ1) is 15.0. The Morgan fingerprint density at radius 3 is 2.29 bits per heavy atom. The van der Waals surface area contributed by atoms with Gasteiger partial charge in [-0.3, -0.25) is 0 Å². The van der Waals surface area contributed by atoms with Gasteiger partial charge in [0.1, 0.15) is 5.82 Å². The standard InChI is InChI=1S/C15H10F4O2/c1-8-6-10(15(17,18)19)3-4-11(8)9-2-5-13(16)12(7-9)14(20)21/h2-7H,1H3,(H,20,21). The minimum Gasteiger partial charge on any atom is -0.478 e. The molecule has 110 valence electrons. The Morgan fingerprint density at radius 1 is 1.10 bits per heavy atom. The molecule has 0 amide bonds. The molecule has 0 fully saturated rings. The number of hydrogen-bond donors (Lipinski definition) is 1. The van der Waals surface area contributed by atoms with E-state index in [1.807, 2.05) is 0 Å². The molecule has 0 radical (unpaired) electrons. The van der Waals surface area contributed by atoms with Crippen LogP contribution < -0.4 is 0 Å². The summed E-state index contributed by atoms with van der Waals surface area (Å²) in [5.41, 5.74) is -0.214. The van der Waals surface area contributed by atoms with Crippen molar-refractivity contribution in [1.82, 2.24) is 0 Å². The largest absolute Gasteiger partial charge is 0.478 e. The molecule has 6 heteroatoms. The van der Waals surface area contributed by atoms with E-state index >= 15 is 0 Å². The summed E-state index contributed by atoms with van der Waals surface area (Å²) in [5.74, 6) is -2.32. The third kappa shape index (κ3) is 3.04. The van der Waals surface area contributed by atoms with Gasteiger partial charge in [0.05, 0.1) is 11.1 Å². The van der Waals surface area contributed by atoms with Gasteiger partial charge in [0.2, 0.25) is 0 Å². The summed E-state index contributed by atoms with van der Waals surface area (Å²) < 4.78 is 51.1. The van der Waals surface area contributed by atoms with Crippen LogP contribution in [0.15, 0.2) is 36.4 Å². The Balaban J connectivity index is 2.53. The number of alkyl halides is 3. The van der Waals surface area contributed by atoms with Crippen LogP contribution in [0, 0.1) is 12.7 Å². The van der Waals surface area contributed by atoms with Crippen LogP contribution in [0.3, 0.4) is 0 Å². The molecule has 0 aliphatic rings. The lowest BCUT2D eigenvalue weighted by molar-refractivity contribution is -0.137. The lowest BCUT2D eigenvalue weighted by Gasteiger charge is -2.12. The third-order valence-corrected chi connectivity index (χ3v) is 3.06. The molecular weight excluding hydrogens is 288 g/mol. The molecule has 21 heavy (non-hydrogen) atoms. The summed E-state index contributed by atoms with van der Waals surface area (Å²) in [7, 11) is 0. The number of aryl methyl sites for hydroxylation is 1. The second kappa shape index (κ2) is 5.20. The maximum absolute atomic E-state index is 13.3. The Labute approximate surface area is 117 Å². The SMILES string of the molecule is Cc1cc(C(F)(F)F)ccc1-c1ccc(F)c(C(=O)O)c1. The van der Waals surface area contributed by atoms with Crippen LogP contribution in [0.1, 0.15) is 21.5 Å². The van der Waals surface area contributed by atoms with E-state index in [2.05, 4.69) is 0 Å². The predicted octanol–water partition coefficient (Wildman–Crippen LogP) is 4.52. The fourth-order valence-electron chi connectivity index (χ4n) is 2.02. The van der Waals surface area contributed by atoms with Crippen molar-refractivity contribution < 1.29 is 27.5 Å². The summed E-state index contributed by atoms with van der Waals surface area (Å²) in [6, 6.07) is 6.54. The molecule has 0 aromatic heterocycles. The highest BCUT2D eigenvalue weighted by molar-refractivity contribution is 5.90. The summed E-state index contributed by atoms with van der Waals surface area (Å²) >= 11 is 0. The number of carboxylic acid groups (broad SMARTS) is 1. The normalized spacial score (nSPS) is 11.5. The predicted molar refractivity (Wildman–Crippen MR) is 68.5 cm³/mol. The number of carbonyl (C=O) groups is 1. The highest BCUT2D eigenvalue weighted by Crippen LogP contribution is 2.33. The quantitative estimate of drug-likeness (QED) is 0.828. The Hall–Kier alpha value is -2.37. The molecule has 0 heterocycles. The van der Waals surface area contributed by atoms with Crippen LogP contribution in [0.2, 0.25) is 0 Å². The van der Waals surface area contributed by atoms with E-state index < -0.39 is 29.1 Å². The smallest absolute Gasteiger partial charge is 0.416 e. The summed E-state index contributed by atoms with van der Waals surface area (Å²) in [4.78, 5) is 10.9. The lowest BCUT2D eigenvalue weighted by atomic mass is 9.97. The zero-order chi connectivity index (χ0) is 15.8. The second-order valence-corrected chi connectivity index (χ2v) is 4.53. The van der Waals surface area contributed by atoms with Gasteiger partial charge >= 0.3 is 12.1 Å². The van der Waals surface area contributed by atoms with Gasteiger partial charge in [-0.25, -0.2) is 9.18 Å². The summed E-state index contributed by atoms with van der Waals surface area (Å²) in [6.07, 6.45) is -4.45. The van der Waals surface area contributed by atoms with Crippen LogP contribution in [0.25, 0.3) is 11.1 Å². The molecule has 0 aliphatic carbocycles. The summed E-state index contributed by atoms with van der Waals surface area (Å²) in [6.45, 7) is 1.48. The van der Waals surface area contributed by atoms with Crippen molar-refractivity contribution >= 4 is 5.97 Å². The number of aromatic carboxylic acids is 1. The van der Waals surface area contributed by atoms with Gasteiger partial charge in [0, 0.05) is 0 Å². The highest BCUT2D eigenvalue weighted by Gasteiger charge is 2.30. The molecule has 2 aromatic carbocycles. The van der Waals surface area contributed by atoms with Crippen molar-refractivity contribution in [3.8, 4) is 11.1 Å². The van der Waals surface area contributed by atoms with Crippen molar-refractivity contribution in [3.05, 3.63) is 58.9 Å². The Morgan fingerprint density at radius 2 is 1.76 bits per heavy atom. The zero-order valence-corrected chi connectivity index (χ0v) is 10.8. The fraction of sp³-hybridized carbons (Fsp3) is 0.133. The van der Waals surface area contributed by atoms with Crippen molar-refractivity contribution in [2.75, 3.05) is 0 Å². The van der Waals surface area contributed by atoms with Crippen molar-refractivity contribution in [3.63, 3.8) is 0 Å². The van der Waals surface area contributed by atoms with Gasteiger partial charge in [-0.05, 0) is 47.9 Å². The molecule has 0 bridgehead atoms. The second-order valence-electron chi connectivity index (χ2n) is 4.53. The van der Waals surface area contributed by atoms with Gasteiger partial charge < -0.3 is 5.11 Å². The van der Waals surface area contributed by atoms with E-state index in [0.717, 1.165) is 24.3 Å². The first-order valence-corrected chi connectivity index (χ1v) is 5.91. The number of carboxylic acids is 1. The minimum atomic E-state index is -4.45. The van der Waals surface area contributed by atoms with Crippen LogP contribution in [-0.2, 0) is 6.18 Å². The number of halogens is 4. The minimum absolute atomic E-state index is 0.327. The van der Waals surface area contributed by atoms with Gasteiger partial charge in [0.25, 0.3) is 0 Å². The Kier molecular flexibility index (Phi) is 3.72. The van der Waals surface area contributed by atoms with Crippen molar-refractivity contribution in [1.29, 1.82) is 0 Å². The van der Waals surface area contributed by atoms with E-state index in [-0.39, 0.29) is 0 Å². The topological polar surface area (TPSA) is 37.3 Å². The van der Waals surface area contributed by atoms with Crippen LogP contribution in [0.5, 0.6) is 0 Å². The maximum atomic E-state index is 13.3. The first-order valence-electron chi connectivity index (χ1n) is 5.91. The van der Waals surface area contributed by atoms with Crippen molar-refractivity contribution in [2.45, 2.75) is 13.1 Å². The zero-order valence-electron chi connectivity index (χ0n) is 10.8. The molecule has 0 unspecified atom stereocenters. The van der Waals surface area contributed by atoms with E-state index in [1.165, 1.54) is 19.1 Å². The first-order chi connectivity index (χ1) is 9.70. The van der Waals surface area contributed by atoms with Gasteiger partial charge in [-0.15, -0.1) is 0 Å². The molecule has 2 aromatic rings. The molecule has 0 atom stereocenters. The van der Waals surface area contributed by atoms with E-state index in [0.29, 0.717) is 16.7 Å². The highest BCUT2D eigenvalue weighted by atomic mass is 19.4. The molecular formula is C15H10F4O2. The van der Waals surface area contributed by atoms with Gasteiger partial charge in [-0.1, -0.05) is 12.1 Å². The van der Waals surface area contributed by atoms with Gasteiger partial charge in [0.15, 0.2) is 0 Å². The van der Waals surface area contributed by atoms with Crippen molar-refractivity contribution in [2.24, 2.45) is 0 Å². The van der Waals surface area contributed by atoms with Gasteiger partial charge in [-0.2, -0.15) is 13.2 Å². The van der Waals surface area contributed by atoms with E-state index in [4.69, 9.17) is 5.11 Å². The Bertz CT molecular complexity index is 705. The average molecular weight is 298 g/mol. The molecule has 0 spiro atoms. The molecule has 0 saturated heterocycles. The monoisotopic (exact) mass is 298 g/mol. The van der Waals surface area contributed by atoms with Crippen LogP contribution in [-0.4, -0.2) is 11.1 Å².